The number of thioether (sulfide) groups is 1. The van der Waals surface area contributed by atoms with Crippen molar-refractivity contribution >= 4 is 17.4 Å². The molecule has 0 aliphatic rings. The van der Waals surface area contributed by atoms with E-state index < -0.39 is 0 Å². The third-order valence-electron chi connectivity index (χ3n) is 2.44. The van der Waals surface area contributed by atoms with Crippen molar-refractivity contribution in [1.82, 2.24) is 0 Å². The van der Waals surface area contributed by atoms with Crippen LogP contribution in [0.5, 0.6) is 5.75 Å². The van der Waals surface area contributed by atoms with Crippen LogP contribution in [0.4, 0.5) is 5.69 Å². The minimum Gasteiger partial charge on any atom is -0.497 e. The van der Waals surface area contributed by atoms with Gasteiger partial charge < -0.3 is 10.5 Å². The molecule has 1 unspecified atom stereocenters. The number of hydrogen-bond acceptors (Lipinski definition) is 3. The molecule has 0 radical (unpaired) electrons. The van der Waals surface area contributed by atoms with Crippen molar-refractivity contribution in [3.8, 4) is 5.75 Å². The molecule has 0 spiro atoms. The molecule has 2 nitrogen and oxygen atoms in total. The zero-order valence-corrected chi connectivity index (χ0v) is 10.4. The van der Waals surface area contributed by atoms with Crippen LogP contribution in [-0.4, -0.2) is 12.9 Å². The van der Waals surface area contributed by atoms with Crippen LogP contribution in [0.2, 0.25) is 0 Å². The van der Waals surface area contributed by atoms with Gasteiger partial charge >= 0.3 is 0 Å². The normalized spacial score (nSPS) is 12.5. The fourth-order valence-electron chi connectivity index (χ4n) is 1.13. The first-order chi connectivity index (χ1) is 7.17. The maximum Gasteiger partial charge on any atom is 0.120 e. The van der Waals surface area contributed by atoms with E-state index in [0.29, 0.717) is 0 Å². The second-order valence-corrected chi connectivity index (χ2v) is 4.79. The van der Waals surface area contributed by atoms with Crippen molar-refractivity contribution in [3.05, 3.63) is 18.2 Å². The summed E-state index contributed by atoms with van der Waals surface area (Å²) >= 11 is 1.82. The van der Waals surface area contributed by atoms with Crippen molar-refractivity contribution in [2.45, 2.75) is 25.2 Å². The highest BCUT2D eigenvalue weighted by Crippen LogP contribution is 2.30. The van der Waals surface area contributed by atoms with Crippen molar-refractivity contribution < 1.29 is 4.74 Å². The molecule has 0 saturated carbocycles. The van der Waals surface area contributed by atoms with E-state index in [2.05, 4.69) is 13.8 Å². The summed E-state index contributed by atoms with van der Waals surface area (Å²) in [7, 11) is 1.65. The molecule has 2 N–H and O–H groups in total. The largest absolute Gasteiger partial charge is 0.497 e. The molecule has 84 valence electrons. The van der Waals surface area contributed by atoms with Gasteiger partial charge in [-0.2, -0.15) is 0 Å². The monoisotopic (exact) mass is 225 g/mol. The van der Waals surface area contributed by atoms with Gasteiger partial charge in [0.15, 0.2) is 0 Å². The van der Waals surface area contributed by atoms with Crippen molar-refractivity contribution in [3.63, 3.8) is 0 Å². The summed E-state index contributed by atoms with van der Waals surface area (Å²) in [5, 5.41) is 0. The Morgan fingerprint density at radius 1 is 1.47 bits per heavy atom. The van der Waals surface area contributed by atoms with Crippen LogP contribution in [0.3, 0.4) is 0 Å². The molecule has 0 aliphatic carbocycles. The second-order valence-electron chi connectivity index (χ2n) is 3.73. The van der Waals surface area contributed by atoms with Gasteiger partial charge in [0, 0.05) is 22.4 Å². The van der Waals surface area contributed by atoms with Crippen molar-refractivity contribution in [1.29, 1.82) is 0 Å². The number of methoxy groups -OCH3 is 1. The number of rotatable bonds is 5. The Morgan fingerprint density at radius 3 is 2.73 bits per heavy atom. The van der Waals surface area contributed by atoms with E-state index in [4.69, 9.17) is 10.5 Å². The fraction of sp³-hybridized carbons (Fsp3) is 0.500. The van der Waals surface area contributed by atoms with Crippen molar-refractivity contribution in [2.75, 3.05) is 18.6 Å². The average Bonchev–Trinajstić information content (AvgIpc) is 2.26. The first kappa shape index (κ1) is 12.2. The molecule has 1 atom stereocenters. The third kappa shape index (κ3) is 3.67. The predicted molar refractivity (Wildman–Crippen MR) is 67.6 cm³/mol. The lowest BCUT2D eigenvalue weighted by Crippen LogP contribution is -1.97. The first-order valence-corrected chi connectivity index (χ1v) is 6.22. The molecule has 15 heavy (non-hydrogen) atoms. The van der Waals surface area contributed by atoms with E-state index in [-0.39, 0.29) is 0 Å². The molecule has 0 amide bonds. The van der Waals surface area contributed by atoms with Gasteiger partial charge in [0.2, 0.25) is 0 Å². The number of ether oxygens (including phenoxy) is 1. The van der Waals surface area contributed by atoms with Gasteiger partial charge in [-0.25, -0.2) is 0 Å². The number of hydrogen-bond donors (Lipinski definition) is 1. The molecular formula is C12H19NOS. The highest BCUT2D eigenvalue weighted by molar-refractivity contribution is 7.99. The highest BCUT2D eigenvalue weighted by atomic mass is 32.2. The predicted octanol–water partition coefficient (Wildman–Crippen LogP) is 3.42. The lowest BCUT2D eigenvalue weighted by Gasteiger charge is -2.10. The lowest BCUT2D eigenvalue weighted by molar-refractivity contribution is 0.415. The van der Waals surface area contributed by atoms with Gasteiger partial charge in [-0.1, -0.05) is 20.3 Å². The quantitative estimate of drug-likeness (QED) is 0.616. The summed E-state index contributed by atoms with van der Waals surface area (Å²) in [6.07, 6.45) is 1.21. The zero-order valence-electron chi connectivity index (χ0n) is 9.62. The molecule has 1 rings (SSSR count). The SMILES string of the molecule is CCC(C)CSc1ccc(OC)cc1N. The Hall–Kier alpha value is -0.830. The van der Waals surface area contributed by atoms with Gasteiger partial charge in [0.1, 0.15) is 5.75 Å². The van der Waals surface area contributed by atoms with Crippen molar-refractivity contribution in [2.24, 2.45) is 5.92 Å². The van der Waals surface area contributed by atoms with Crippen LogP contribution in [-0.2, 0) is 0 Å². The smallest absolute Gasteiger partial charge is 0.120 e. The van der Waals surface area contributed by atoms with Crippen LogP contribution < -0.4 is 10.5 Å². The van der Waals surface area contributed by atoms with Crippen LogP contribution >= 0.6 is 11.8 Å². The number of benzene rings is 1. The molecular weight excluding hydrogens is 206 g/mol. The number of nitrogens with two attached hydrogens (primary N) is 1. The van der Waals surface area contributed by atoms with E-state index in [1.165, 1.54) is 6.42 Å². The topological polar surface area (TPSA) is 35.2 Å². The molecule has 0 aromatic heterocycles. The number of nitrogen functional groups attached to an aromatic ring is 1. The van der Waals surface area contributed by atoms with E-state index in [9.17, 15) is 0 Å². The van der Waals surface area contributed by atoms with Crippen LogP contribution in [0.15, 0.2) is 23.1 Å². The number of anilines is 1. The zero-order chi connectivity index (χ0) is 11.3. The lowest BCUT2D eigenvalue weighted by atomic mass is 10.2. The summed E-state index contributed by atoms with van der Waals surface area (Å²) < 4.78 is 5.11. The summed E-state index contributed by atoms with van der Waals surface area (Å²) in [5.74, 6) is 2.67. The van der Waals surface area contributed by atoms with Gasteiger partial charge in [-0.05, 0) is 18.1 Å². The van der Waals surface area contributed by atoms with Gasteiger partial charge in [-0.3, -0.25) is 0 Å². The van der Waals surface area contributed by atoms with Crippen LogP contribution in [0, 0.1) is 5.92 Å². The average molecular weight is 225 g/mol. The van der Waals surface area contributed by atoms with Gasteiger partial charge in [0.25, 0.3) is 0 Å². The summed E-state index contributed by atoms with van der Waals surface area (Å²) in [4.78, 5) is 1.15. The summed E-state index contributed by atoms with van der Waals surface area (Å²) in [6, 6.07) is 5.86. The molecule has 1 aromatic rings. The van der Waals surface area contributed by atoms with E-state index >= 15 is 0 Å². The maximum atomic E-state index is 5.92. The molecule has 0 bridgehead atoms. The van der Waals surface area contributed by atoms with E-state index in [0.717, 1.165) is 28.0 Å². The Morgan fingerprint density at radius 2 is 2.20 bits per heavy atom. The van der Waals surface area contributed by atoms with Gasteiger partial charge in [-0.15, -0.1) is 11.8 Å². The fourth-order valence-corrected chi connectivity index (χ4v) is 2.22. The Bertz CT molecular complexity index is 314. The molecule has 1 aromatic carbocycles. The molecule has 0 fully saturated rings. The van der Waals surface area contributed by atoms with Crippen LogP contribution in [0.25, 0.3) is 0 Å². The second kappa shape index (κ2) is 5.91. The third-order valence-corrected chi connectivity index (χ3v) is 3.86. The Balaban J connectivity index is 2.62. The minimum absolute atomic E-state index is 0.733. The molecule has 0 heterocycles. The first-order valence-electron chi connectivity index (χ1n) is 5.23. The Kier molecular flexibility index (Phi) is 4.82. The molecule has 3 heteroatoms. The minimum atomic E-state index is 0.733. The van der Waals surface area contributed by atoms with E-state index in [1.807, 2.05) is 30.0 Å². The molecule has 0 aliphatic heterocycles. The summed E-state index contributed by atoms with van der Waals surface area (Å²) in [6.45, 7) is 4.47. The maximum absolute atomic E-state index is 5.92. The Labute approximate surface area is 96.2 Å². The molecule has 0 saturated heterocycles. The van der Waals surface area contributed by atoms with Crippen LogP contribution in [0.1, 0.15) is 20.3 Å². The summed E-state index contributed by atoms with van der Waals surface area (Å²) in [5.41, 5.74) is 6.73. The standard InChI is InChI=1S/C12H19NOS/c1-4-9(2)8-15-12-6-5-10(14-3)7-11(12)13/h5-7,9H,4,8,13H2,1-3H3. The highest BCUT2D eigenvalue weighted by Gasteiger charge is 2.04. The van der Waals surface area contributed by atoms with Gasteiger partial charge in [0.05, 0.1) is 7.11 Å². The van der Waals surface area contributed by atoms with E-state index in [1.54, 1.807) is 7.11 Å².